The van der Waals surface area contributed by atoms with Crippen LogP contribution in [0.2, 0.25) is 0 Å². The molecule has 0 rings (SSSR count). The minimum atomic E-state index is 1.12. The monoisotopic (exact) mass is 215 g/mol. The van der Waals surface area contributed by atoms with Crippen molar-refractivity contribution in [3.8, 4) is 0 Å². The molecule has 0 radical (unpaired) electrons. The quantitative estimate of drug-likeness (QED) is 0.544. The van der Waals surface area contributed by atoms with Crippen molar-refractivity contribution in [1.82, 2.24) is 14.9 Å². The van der Waals surface area contributed by atoms with Crippen LogP contribution in [0.5, 0.6) is 0 Å². The van der Waals surface area contributed by atoms with Crippen LogP contribution in [0.25, 0.3) is 0 Å². The van der Waals surface area contributed by atoms with Crippen molar-refractivity contribution in [2.45, 2.75) is 33.6 Å². The van der Waals surface area contributed by atoms with E-state index in [-0.39, 0.29) is 0 Å². The molecular formula is C12H29N3. The van der Waals surface area contributed by atoms with Gasteiger partial charge in [0.1, 0.15) is 0 Å². The molecule has 3 nitrogen and oxygen atoms in total. The van der Waals surface area contributed by atoms with Gasteiger partial charge in [0.15, 0.2) is 0 Å². The van der Waals surface area contributed by atoms with Gasteiger partial charge in [0, 0.05) is 26.2 Å². The zero-order valence-electron chi connectivity index (χ0n) is 11.3. The largest absolute Gasteiger partial charge is 0.309 e. The molecule has 0 aliphatic heterocycles. The molecule has 0 aliphatic rings. The molecule has 0 saturated heterocycles. The Morgan fingerprint density at radius 2 is 1.33 bits per heavy atom. The van der Waals surface area contributed by atoms with E-state index in [4.69, 9.17) is 0 Å². The van der Waals surface area contributed by atoms with E-state index in [1.165, 1.54) is 32.5 Å². The zero-order chi connectivity index (χ0) is 11.7. The first-order chi connectivity index (χ1) is 7.15. The molecule has 0 aromatic carbocycles. The van der Waals surface area contributed by atoms with Gasteiger partial charge in [-0.3, -0.25) is 0 Å². The van der Waals surface area contributed by atoms with Crippen molar-refractivity contribution in [2.75, 3.05) is 46.8 Å². The molecule has 0 unspecified atom stereocenters. The Hall–Kier alpha value is -0.120. The molecular weight excluding hydrogens is 186 g/mol. The SMILES string of the molecule is CCCN(CCCN(C)C)N(CC)CC. The Balaban J connectivity index is 3.91. The van der Waals surface area contributed by atoms with Crippen molar-refractivity contribution in [2.24, 2.45) is 0 Å². The van der Waals surface area contributed by atoms with E-state index in [1.54, 1.807) is 0 Å². The van der Waals surface area contributed by atoms with Gasteiger partial charge in [0.2, 0.25) is 0 Å². The lowest BCUT2D eigenvalue weighted by Gasteiger charge is -2.33. The summed E-state index contributed by atoms with van der Waals surface area (Å²) in [5.74, 6) is 0. The second-order valence-electron chi connectivity index (χ2n) is 4.25. The van der Waals surface area contributed by atoms with Crippen molar-refractivity contribution < 1.29 is 0 Å². The third kappa shape index (κ3) is 6.88. The predicted octanol–water partition coefficient (Wildman–Crippen LogP) is 1.91. The maximum Gasteiger partial charge on any atom is 0.0145 e. The summed E-state index contributed by atoms with van der Waals surface area (Å²) >= 11 is 0. The Morgan fingerprint density at radius 3 is 1.73 bits per heavy atom. The summed E-state index contributed by atoms with van der Waals surface area (Å²) in [6.07, 6.45) is 2.49. The summed E-state index contributed by atoms with van der Waals surface area (Å²) in [6, 6.07) is 0. The number of rotatable bonds is 9. The van der Waals surface area contributed by atoms with Crippen LogP contribution in [-0.4, -0.2) is 61.7 Å². The summed E-state index contributed by atoms with van der Waals surface area (Å²) in [7, 11) is 4.28. The van der Waals surface area contributed by atoms with Gasteiger partial charge in [-0.1, -0.05) is 20.8 Å². The summed E-state index contributed by atoms with van der Waals surface area (Å²) in [5, 5.41) is 4.95. The fourth-order valence-electron chi connectivity index (χ4n) is 1.85. The normalized spacial score (nSPS) is 12.0. The molecule has 0 N–H and O–H groups in total. The average molecular weight is 215 g/mol. The lowest BCUT2D eigenvalue weighted by atomic mass is 10.3. The number of nitrogens with zero attached hydrogens (tertiary/aromatic N) is 3. The van der Waals surface area contributed by atoms with Crippen molar-refractivity contribution in [1.29, 1.82) is 0 Å². The van der Waals surface area contributed by atoms with Crippen LogP contribution in [0.4, 0.5) is 0 Å². The minimum absolute atomic E-state index is 1.12. The van der Waals surface area contributed by atoms with E-state index in [9.17, 15) is 0 Å². The van der Waals surface area contributed by atoms with Gasteiger partial charge in [-0.05, 0) is 33.5 Å². The molecule has 0 atom stereocenters. The highest BCUT2D eigenvalue weighted by Gasteiger charge is 2.10. The van der Waals surface area contributed by atoms with E-state index < -0.39 is 0 Å². The maximum absolute atomic E-state index is 2.50. The highest BCUT2D eigenvalue weighted by molar-refractivity contribution is 4.57. The minimum Gasteiger partial charge on any atom is -0.309 e. The summed E-state index contributed by atoms with van der Waals surface area (Å²) in [6.45, 7) is 12.5. The summed E-state index contributed by atoms with van der Waals surface area (Å²) in [4.78, 5) is 2.26. The van der Waals surface area contributed by atoms with Crippen LogP contribution in [0, 0.1) is 0 Å². The van der Waals surface area contributed by atoms with Crippen molar-refractivity contribution in [3.63, 3.8) is 0 Å². The third-order valence-corrected chi connectivity index (χ3v) is 2.63. The van der Waals surface area contributed by atoms with Crippen molar-refractivity contribution in [3.05, 3.63) is 0 Å². The van der Waals surface area contributed by atoms with E-state index in [0.29, 0.717) is 0 Å². The molecule has 0 aromatic heterocycles. The standard InChI is InChI=1S/C12H29N3/c1-6-10-15(14(7-2)8-3)12-9-11-13(4)5/h6-12H2,1-5H3. The van der Waals surface area contributed by atoms with Crippen LogP contribution < -0.4 is 0 Å². The van der Waals surface area contributed by atoms with Gasteiger partial charge in [-0.15, -0.1) is 0 Å². The van der Waals surface area contributed by atoms with E-state index in [1.807, 2.05) is 0 Å². The molecule has 0 saturated carbocycles. The topological polar surface area (TPSA) is 9.72 Å². The first kappa shape index (κ1) is 14.9. The molecule has 15 heavy (non-hydrogen) atoms. The highest BCUT2D eigenvalue weighted by Crippen LogP contribution is 2.01. The van der Waals surface area contributed by atoms with Crippen LogP contribution in [-0.2, 0) is 0 Å². The number of hydrazine groups is 1. The fourth-order valence-corrected chi connectivity index (χ4v) is 1.85. The van der Waals surface area contributed by atoms with E-state index in [2.05, 4.69) is 49.8 Å². The van der Waals surface area contributed by atoms with Gasteiger partial charge in [-0.2, -0.15) is 0 Å². The Labute approximate surface area is 96.0 Å². The molecule has 0 bridgehead atoms. The van der Waals surface area contributed by atoms with Crippen molar-refractivity contribution >= 4 is 0 Å². The second-order valence-corrected chi connectivity index (χ2v) is 4.25. The van der Waals surface area contributed by atoms with Crippen LogP contribution in [0.3, 0.4) is 0 Å². The Morgan fingerprint density at radius 1 is 0.733 bits per heavy atom. The molecule has 0 amide bonds. The molecule has 0 aromatic rings. The van der Waals surface area contributed by atoms with Crippen LogP contribution in [0.15, 0.2) is 0 Å². The van der Waals surface area contributed by atoms with Gasteiger partial charge >= 0.3 is 0 Å². The summed E-state index contributed by atoms with van der Waals surface area (Å²) in [5.41, 5.74) is 0. The first-order valence-electron chi connectivity index (χ1n) is 6.30. The summed E-state index contributed by atoms with van der Waals surface area (Å²) < 4.78 is 0. The fraction of sp³-hybridized carbons (Fsp3) is 1.00. The Bertz CT molecular complexity index is 133. The van der Waals surface area contributed by atoms with Gasteiger partial charge in [0.25, 0.3) is 0 Å². The molecule has 3 heteroatoms. The van der Waals surface area contributed by atoms with Crippen LogP contribution >= 0.6 is 0 Å². The van der Waals surface area contributed by atoms with E-state index >= 15 is 0 Å². The van der Waals surface area contributed by atoms with Gasteiger partial charge < -0.3 is 4.90 Å². The highest BCUT2D eigenvalue weighted by atomic mass is 15.6. The molecule has 92 valence electrons. The lowest BCUT2D eigenvalue weighted by Crippen LogP contribution is -2.44. The lowest BCUT2D eigenvalue weighted by molar-refractivity contribution is -0.0183. The number of hydrogen-bond donors (Lipinski definition) is 0. The molecule has 0 heterocycles. The van der Waals surface area contributed by atoms with Gasteiger partial charge in [-0.25, -0.2) is 10.0 Å². The molecule has 0 spiro atoms. The predicted molar refractivity (Wildman–Crippen MR) is 68.0 cm³/mol. The van der Waals surface area contributed by atoms with E-state index in [0.717, 1.165) is 13.1 Å². The van der Waals surface area contributed by atoms with Gasteiger partial charge in [0.05, 0.1) is 0 Å². The molecule has 0 aliphatic carbocycles. The third-order valence-electron chi connectivity index (χ3n) is 2.63. The average Bonchev–Trinajstić information content (AvgIpc) is 2.19. The smallest absolute Gasteiger partial charge is 0.0145 e. The molecule has 0 fully saturated rings. The number of hydrogen-bond acceptors (Lipinski definition) is 3. The van der Waals surface area contributed by atoms with Crippen LogP contribution in [0.1, 0.15) is 33.6 Å². The first-order valence-corrected chi connectivity index (χ1v) is 6.30. The maximum atomic E-state index is 2.50. The second kappa shape index (κ2) is 9.13. The zero-order valence-corrected chi connectivity index (χ0v) is 11.3. The Kier molecular flexibility index (Phi) is 9.06.